The Kier molecular flexibility index (Phi) is 14.5. The zero-order chi connectivity index (χ0) is 56.8. The fraction of sp³-hybridized carbons (Fsp3) is 0. The fourth-order valence-corrected chi connectivity index (χ4v) is 11.6. The SMILES string of the molecule is Nc1ccc(-c2c(-c3ccc(N(c4ccccc4)c4ccccc4)cc3)c(-c3ccc(N)cc3)c(-c3ccc(N(c4ccccc4)c4ccccc4)cc3)c(-c3ccc(N)cc3)c2-c2ccc(N(c3ccccc3)c3ccccc3)cc2)cc1. The maximum absolute atomic E-state index is 6.63. The third-order valence-corrected chi connectivity index (χ3v) is 15.4. The number of hydrogen-bond donors (Lipinski definition) is 3. The number of anilines is 12. The molecule has 13 aromatic rings. The van der Waals surface area contributed by atoms with E-state index in [0.29, 0.717) is 17.1 Å². The van der Waals surface area contributed by atoms with Crippen LogP contribution in [0.15, 0.2) is 328 Å². The highest BCUT2D eigenvalue weighted by atomic mass is 15.2. The zero-order valence-corrected chi connectivity index (χ0v) is 46.3. The quantitative estimate of drug-likeness (QED) is 0.0887. The lowest BCUT2D eigenvalue weighted by Gasteiger charge is -2.30. The summed E-state index contributed by atoms with van der Waals surface area (Å²) in [5, 5.41) is 0. The Bertz CT molecular complexity index is 3710. The van der Waals surface area contributed by atoms with Gasteiger partial charge >= 0.3 is 0 Å². The van der Waals surface area contributed by atoms with E-state index in [1.54, 1.807) is 0 Å². The van der Waals surface area contributed by atoms with Crippen molar-refractivity contribution in [2.45, 2.75) is 0 Å². The van der Waals surface area contributed by atoms with Crippen molar-refractivity contribution < 1.29 is 0 Å². The molecule has 0 unspecified atom stereocenters. The molecule has 0 aliphatic heterocycles. The van der Waals surface area contributed by atoms with Crippen LogP contribution in [0.25, 0.3) is 66.8 Å². The Morgan fingerprint density at radius 3 is 0.429 bits per heavy atom. The Hall–Kier alpha value is -11.3. The summed E-state index contributed by atoms with van der Waals surface area (Å²) in [4.78, 5) is 6.91. The lowest BCUT2D eigenvalue weighted by atomic mass is 9.74. The smallest absolute Gasteiger partial charge is 0.0462 e. The molecule has 0 atom stereocenters. The van der Waals surface area contributed by atoms with Crippen molar-refractivity contribution in [1.29, 1.82) is 0 Å². The van der Waals surface area contributed by atoms with E-state index in [4.69, 9.17) is 17.2 Å². The van der Waals surface area contributed by atoms with Gasteiger partial charge in [0.2, 0.25) is 0 Å². The minimum absolute atomic E-state index is 0.675. The van der Waals surface area contributed by atoms with Crippen LogP contribution in [-0.4, -0.2) is 0 Å². The van der Waals surface area contributed by atoms with E-state index in [2.05, 4.69) is 306 Å². The van der Waals surface area contributed by atoms with Gasteiger partial charge in [-0.1, -0.05) is 182 Å². The Morgan fingerprint density at radius 2 is 0.274 bits per heavy atom. The molecule has 6 N–H and O–H groups in total. The highest BCUT2D eigenvalue weighted by Gasteiger charge is 2.30. The predicted octanol–water partition coefficient (Wildman–Crippen LogP) is 20.8. The lowest BCUT2D eigenvalue weighted by molar-refractivity contribution is 1.28. The minimum Gasteiger partial charge on any atom is -0.399 e. The molecule has 84 heavy (non-hydrogen) atoms. The highest BCUT2D eigenvalue weighted by Crippen LogP contribution is 2.57. The van der Waals surface area contributed by atoms with Crippen molar-refractivity contribution in [1.82, 2.24) is 0 Å². The first kappa shape index (κ1) is 52.1. The minimum atomic E-state index is 0.675. The van der Waals surface area contributed by atoms with Crippen molar-refractivity contribution >= 4 is 68.2 Å². The van der Waals surface area contributed by atoms with Gasteiger partial charge in [-0.15, -0.1) is 0 Å². The van der Waals surface area contributed by atoms with Crippen molar-refractivity contribution in [3.63, 3.8) is 0 Å². The summed E-state index contributed by atoms with van der Waals surface area (Å²) in [6, 6.07) is 115. The van der Waals surface area contributed by atoms with Crippen LogP contribution in [0, 0.1) is 0 Å². The molecule has 0 fully saturated rings. The molecule has 0 saturated heterocycles. The fourth-order valence-electron chi connectivity index (χ4n) is 11.6. The molecular formula is C78H60N6. The number of benzene rings is 13. The Labute approximate surface area is 491 Å². The number of nitrogens with two attached hydrogens (primary N) is 3. The number of rotatable bonds is 15. The molecule has 13 rings (SSSR count). The van der Waals surface area contributed by atoms with Gasteiger partial charge in [0.25, 0.3) is 0 Å². The van der Waals surface area contributed by atoms with Gasteiger partial charge in [-0.05, 0) is 212 Å². The standard InChI is InChI=1S/C78H60N6/c79-61-43-31-55(32-44-61)73-76(58-37-49-70(50-38-58)82(64-19-7-1-8-20-64)65-21-9-2-10-22-65)74(56-33-45-62(80)46-34-56)78(60-41-53-72(54-42-60)84(68-27-15-5-16-28-68)69-29-17-6-18-30-69)75(57-35-47-63(81)48-36-57)77(73)59-39-51-71(52-40-59)83(66-23-11-3-12-24-66)67-25-13-4-14-26-67/h1-54H,79-81H2. The summed E-state index contributed by atoms with van der Waals surface area (Å²) < 4.78 is 0. The Balaban J connectivity index is 1.14. The van der Waals surface area contributed by atoms with Crippen LogP contribution in [0.4, 0.5) is 68.2 Å². The van der Waals surface area contributed by atoms with Crippen molar-refractivity contribution in [3.05, 3.63) is 328 Å². The molecule has 0 spiro atoms. The average molecular weight is 1080 g/mol. The van der Waals surface area contributed by atoms with Crippen LogP contribution in [0.1, 0.15) is 0 Å². The molecule has 402 valence electrons. The Morgan fingerprint density at radius 1 is 0.143 bits per heavy atom. The van der Waals surface area contributed by atoms with Gasteiger partial charge in [0.15, 0.2) is 0 Å². The van der Waals surface area contributed by atoms with Gasteiger partial charge in [-0.25, -0.2) is 0 Å². The monoisotopic (exact) mass is 1080 g/mol. The second kappa shape index (κ2) is 23.4. The molecule has 0 amide bonds. The molecule has 0 aromatic heterocycles. The maximum atomic E-state index is 6.63. The van der Waals surface area contributed by atoms with E-state index >= 15 is 0 Å². The third kappa shape index (κ3) is 10.5. The van der Waals surface area contributed by atoms with Crippen LogP contribution in [0.5, 0.6) is 0 Å². The van der Waals surface area contributed by atoms with Gasteiger partial charge in [0.1, 0.15) is 0 Å². The number of nitrogens with zero attached hydrogens (tertiary/aromatic N) is 3. The van der Waals surface area contributed by atoms with Crippen molar-refractivity contribution in [2.24, 2.45) is 0 Å². The van der Waals surface area contributed by atoms with Gasteiger partial charge in [0, 0.05) is 68.2 Å². The second-order valence-corrected chi connectivity index (χ2v) is 20.8. The molecular weight excluding hydrogens is 1020 g/mol. The number of para-hydroxylation sites is 6. The van der Waals surface area contributed by atoms with Gasteiger partial charge in [-0.2, -0.15) is 0 Å². The first-order valence-electron chi connectivity index (χ1n) is 28.3. The maximum Gasteiger partial charge on any atom is 0.0462 e. The molecule has 6 nitrogen and oxygen atoms in total. The van der Waals surface area contributed by atoms with Gasteiger partial charge in [-0.3, -0.25) is 0 Å². The molecule has 0 heterocycles. The van der Waals surface area contributed by atoms with Gasteiger partial charge < -0.3 is 31.9 Å². The number of nitrogen functional groups attached to an aromatic ring is 3. The molecule has 0 saturated carbocycles. The summed E-state index contributed by atoms with van der Waals surface area (Å²) in [5.74, 6) is 0. The normalized spacial score (nSPS) is 11.0. The van der Waals surface area contributed by atoms with Crippen LogP contribution < -0.4 is 31.9 Å². The molecule has 0 aliphatic carbocycles. The van der Waals surface area contributed by atoms with E-state index in [9.17, 15) is 0 Å². The molecule has 13 aromatic carbocycles. The molecule has 0 radical (unpaired) electrons. The first-order chi connectivity index (χ1) is 41.4. The highest BCUT2D eigenvalue weighted by molar-refractivity contribution is 6.15. The van der Waals surface area contributed by atoms with E-state index in [0.717, 1.165) is 118 Å². The molecule has 6 heteroatoms. The van der Waals surface area contributed by atoms with Crippen molar-refractivity contribution in [2.75, 3.05) is 31.9 Å². The topological polar surface area (TPSA) is 87.8 Å². The van der Waals surface area contributed by atoms with E-state index in [1.165, 1.54) is 0 Å². The van der Waals surface area contributed by atoms with Gasteiger partial charge in [0.05, 0.1) is 0 Å². The van der Waals surface area contributed by atoms with Crippen LogP contribution in [0.3, 0.4) is 0 Å². The first-order valence-corrected chi connectivity index (χ1v) is 28.3. The predicted molar refractivity (Wildman–Crippen MR) is 356 cm³/mol. The molecule has 0 aliphatic rings. The molecule has 0 bridgehead atoms. The van der Waals surface area contributed by atoms with E-state index in [1.807, 2.05) is 36.4 Å². The van der Waals surface area contributed by atoms with Crippen LogP contribution in [-0.2, 0) is 0 Å². The third-order valence-electron chi connectivity index (χ3n) is 15.4. The van der Waals surface area contributed by atoms with Crippen LogP contribution in [0.2, 0.25) is 0 Å². The van der Waals surface area contributed by atoms with E-state index in [-0.39, 0.29) is 0 Å². The average Bonchev–Trinajstić information content (AvgIpc) is 1.01. The lowest BCUT2D eigenvalue weighted by Crippen LogP contribution is -2.10. The van der Waals surface area contributed by atoms with Crippen molar-refractivity contribution in [3.8, 4) is 66.8 Å². The second-order valence-electron chi connectivity index (χ2n) is 20.8. The summed E-state index contributed by atoms with van der Waals surface area (Å²) >= 11 is 0. The summed E-state index contributed by atoms with van der Waals surface area (Å²) in [6.45, 7) is 0. The summed E-state index contributed by atoms with van der Waals surface area (Å²) in [6.07, 6.45) is 0. The largest absolute Gasteiger partial charge is 0.399 e. The summed E-state index contributed by atoms with van der Waals surface area (Å²) in [5.41, 5.74) is 43.7. The van der Waals surface area contributed by atoms with E-state index < -0.39 is 0 Å². The summed E-state index contributed by atoms with van der Waals surface area (Å²) in [7, 11) is 0. The zero-order valence-electron chi connectivity index (χ0n) is 46.3. The van der Waals surface area contributed by atoms with Crippen LogP contribution >= 0.6 is 0 Å². The number of hydrogen-bond acceptors (Lipinski definition) is 6.